The van der Waals surface area contributed by atoms with E-state index in [0.29, 0.717) is 18.1 Å². The quantitative estimate of drug-likeness (QED) is 0.377. The fraction of sp³-hybridized carbons (Fsp3) is 0.600. The Labute approximate surface area is 184 Å². The molecule has 28 heavy (non-hydrogen) atoms. The molecule has 4 rings (SSSR count). The highest BCUT2D eigenvalue weighted by Crippen LogP contribution is 2.37. The maximum Gasteiger partial charge on any atom is 0.102 e. The lowest BCUT2D eigenvalue weighted by Crippen LogP contribution is -2.39. The zero-order valence-corrected chi connectivity index (χ0v) is 19.1. The van der Waals surface area contributed by atoms with Crippen molar-refractivity contribution in [2.75, 3.05) is 6.54 Å². The molecule has 0 aromatic heterocycles. The molecule has 0 amide bonds. The monoisotopic (exact) mass is 491 g/mol. The SMILES string of the molecule is I[C@H]1CC[C@@H](OC2=CC(c3ccccc3)=CC3NCCCCCCCC23)CC1. The normalized spacial score (nSPS) is 31.9. The van der Waals surface area contributed by atoms with Crippen molar-refractivity contribution in [3.8, 4) is 0 Å². The van der Waals surface area contributed by atoms with Crippen LogP contribution in [0, 0.1) is 5.92 Å². The van der Waals surface area contributed by atoms with Gasteiger partial charge in [-0.25, -0.2) is 0 Å². The Bertz CT molecular complexity index is 675. The van der Waals surface area contributed by atoms with Crippen LogP contribution in [0.1, 0.15) is 69.8 Å². The Balaban J connectivity index is 1.58. The van der Waals surface area contributed by atoms with Crippen LogP contribution in [-0.4, -0.2) is 22.6 Å². The van der Waals surface area contributed by atoms with Crippen LogP contribution in [0.5, 0.6) is 0 Å². The summed E-state index contributed by atoms with van der Waals surface area (Å²) < 4.78 is 7.58. The van der Waals surface area contributed by atoms with Crippen LogP contribution in [0.15, 0.2) is 48.2 Å². The molecule has 2 unspecified atom stereocenters. The van der Waals surface area contributed by atoms with E-state index in [2.05, 4.69) is 70.4 Å². The lowest BCUT2D eigenvalue weighted by Gasteiger charge is -2.36. The van der Waals surface area contributed by atoms with Crippen molar-refractivity contribution in [1.82, 2.24) is 5.32 Å². The van der Waals surface area contributed by atoms with Crippen LogP contribution >= 0.6 is 22.6 Å². The number of alkyl halides is 1. The molecule has 1 heterocycles. The van der Waals surface area contributed by atoms with Crippen LogP contribution in [0.4, 0.5) is 0 Å². The zero-order chi connectivity index (χ0) is 19.2. The third-order valence-corrected chi connectivity index (χ3v) is 7.79. The summed E-state index contributed by atoms with van der Waals surface area (Å²) in [7, 11) is 0. The van der Waals surface area contributed by atoms with E-state index in [0.717, 1.165) is 10.5 Å². The lowest BCUT2D eigenvalue weighted by molar-refractivity contribution is 0.0591. The molecule has 2 aliphatic carbocycles. The van der Waals surface area contributed by atoms with E-state index >= 15 is 0 Å². The minimum absolute atomic E-state index is 0.397. The van der Waals surface area contributed by atoms with Gasteiger partial charge in [-0.05, 0) is 62.3 Å². The largest absolute Gasteiger partial charge is 0.494 e. The van der Waals surface area contributed by atoms with Crippen molar-refractivity contribution < 1.29 is 4.74 Å². The molecule has 3 aliphatic rings. The first-order valence-corrected chi connectivity index (χ1v) is 12.6. The maximum absolute atomic E-state index is 6.75. The van der Waals surface area contributed by atoms with Gasteiger partial charge in [0.2, 0.25) is 0 Å². The number of fused-ring (bicyclic) bond motifs is 1. The molecule has 3 heteroatoms. The number of nitrogens with one attached hydrogen (secondary N) is 1. The Hall–Kier alpha value is -0.810. The molecule has 152 valence electrons. The molecule has 1 aromatic carbocycles. The summed E-state index contributed by atoms with van der Waals surface area (Å²) in [5, 5.41) is 3.87. The van der Waals surface area contributed by atoms with Crippen molar-refractivity contribution in [2.45, 2.75) is 80.3 Å². The molecule has 2 atom stereocenters. The second-order valence-corrected chi connectivity index (χ2v) is 10.4. The summed E-state index contributed by atoms with van der Waals surface area (Å²) in [6.07, 6.45) is 18.2. The standard InChI is InChI=1S/C25H34INO/c26-21-12-14-22(15-13-21)28-25-18-20(19-9-5-4-6-10-19)17-24-23(25)11-7-2-1-3-8-16-27-24/h4-6,9-10,17-18,21-24,27H,1-3,7-8,11-16H2/t21-,22+,23?,24?. The van der Waals surface area contributed by atoms with E-state index in [1.807, 2.05) is 0 Å². The summed E-state index contributed by atoms with van der Waals surface area (Å²) in [6, 6.07) is 11.2. The van der Waals surface area contributed by atoms with E-state index in [-0.39, 0.29) is 0 Å². The first-order chi connectivity index (χ1) is 13.8. The number of allylic oxidation sites excluding steroid dienone is 2. The van der Waals surface area contributed by atoms with Crippen molar-refractivity contribution in [1.29, 1.82) is 0 Å². The molecular formula is C25H34INO. The van der Waals surface area contributed by atoms with E-state index in [4.69, 9.17) is 4.74 Å². The van der Waals surface area contributed by atoms with Gasteiger partial charge in [-0.1, -0.05) is 84.7 Å². The maximum atomic E-state index is 6.75. The summed E-state index contributed by atoms with van der Waals surface area (Å²) >= 11 is 2.61. The van der Waals surface area contributed by atoms with Gasteiger partial charge in [-0.3, -0.25) is 0 Å². The predicted molar refractivity (Wildman–Crippen MR) is 127 cm³/mol. The minimum Gasteiger partial charge on any atom is -0.494 e. The van der Waals surface area contributed by atoms with Crippen molar-refractivity contribution >= 4 is 28.2 Å². The molecule has 2 fully saturated rings. The van der Waals surface area contributed by atoms with Gasteiger partial charge in [0.15, 0.2) is 0 Å². The van der Waals surface area contributed by atoms with E-state index < -0.39 is 0 Å². The Morgan fingerprint density at radius 3 is 2.43 bits per heavy atom. The average Bonchev–Trinajstić information content (AvgIpc) is 2.74. The highest BCUT2D eigenvalue weighted by molar-refractivity contribution is 14.1. The van der Waals surface area contributed by atoms with Gasteiger partial charge in [-0.15, -0.1) is 0 Å². The zero-order valence-electron chi connectivity index (χ0n) is 16.9. The van der Waals surface area contributed by atoms with Gasteiger partial charge in [0, 0.05) is 15.9 Å². The first kappa shape index (κ1) is 20.5. The molecule has 1 aromatic rings. The fourth-order valence-electron chi connectivity index (χ4n) is 4.87. The summed E-state index contributed by atoms with van der Waals surface area (Å²) in [5.74, 6) is 1.74. The minimum atomic E-state index is 0.397. The van der Waals surface area contributed by atoms with Gasteiger partial charge in [-0.2, -0.15) is 0 Å². The fourth-order valence-corrected chi connectivity index (χ4v) is 5.59. The number of benzene rings is 1. The molecule has 1 saturated carbocycles. The predicted octanol–water partition coefficient (Wildman–Crippen LogP) is 6.66. The molecule has 1 saturated heterocycles. The van der Waals surface area contributed by atoms with Crippen molar-refractivity contribution in [3.63, 3.8) is 0 Å². The number of hydrogen-bond acceptors (Lipinski definition) is 2. The summed E-state index contributed by atoms with van der Waals surface area (Å²) in [6.45, 7) is 1.12. The number of halogens is 1. The Morgan fingerprint density at radius 2 is 1.61 bits per heavy atom. The second-order valence-electron chi connectivity index (χ2n) is 8.67. The van der Waals surface area contributed by atoms with E-state index in [1.54, 1.807) is 0 Å². The Morgan fingerprint density at radius 1 is 0.857 bits per heavy atom. The molecule has 0 bridgehead atoms. The van der Waals surface area contributed by atoms with Crippen LogP contribution in [0.3, 0.4) is 0 Å². The van der Waals surface area contributed by atoms with Crippen molar-refractivity contribution in [3.05, 3.63) is 53.8 Å². The molecule has 2 nitrogen and oxygen atoms in total. The molecule has 1 N–H and O–H groups in total. The van der Waals surface area contributed by atoms with Crippen LogP contribution in [0.25, 0.3) is 5.57 Å². The van der Waals surface area contributed by atoms with Crippen LogP contribution in [-0.2, 0) is 4.74 Å². The lowest BCUT2D eigenvalue weighted by atomic mass is 9.83. The number of rotatable bonds is 3. The van der Waals surface area contributed by atoms with Gasteiger partial charge in [0.25, 0.3) is 0 Å². The van der Waals surface area contributed by atoms with Crippen LogP contribution < -0.4 is 5.32 Å². The summed E-state index contributed by atoms with van der Waals surface area (Å²) in [4.78, 5) is 0. The van der Waals surface area contributed by atoms with E-state index in [1.165, 1.54) is 81.1 Å². The van der Waals surface area contributed by atoms with Crippen LogP contribution in [0.2, 0.25) is 0 Å². The third-order valence-electron chi connectivity index (χ3n) is 6.54. The molecule has 0 radical (unpaired) electrons. The smallest absolute Gasteiger partial charge is 0.102 e. The average molecular weight is 491 g/mol. The van der Waals surface area contributed by atoms with Gasteiger partial charge in [0.1, 0.15) is 5.76 Å². The molecule has 1 aliphatic heterocycles. The van der Waals surface area contributed by atoms with E-state index in [9.17, 15) is 0 Å². The summed E-state index contributed by atoms with van der Waals surface area (Å²) in [5.41, 5.74) is 2.63. The topological polar surface area (TPSA) is 21.3 Å². The molecule has 0 spiro atoms. The highest BCUT2D eigenvalue weighted by Gasteiger charge is 2.31. The number of hydrogen-bond donors (Lipinski definition) is 1. The molecular weight excluding hydrogens is 457 g/mol. The van der Waals surface area contributed by atoms with Gasteiger partial charge >= 0.3 is 0 Å². The highest BCUT2D eigenvalue weighted by atomic mass is 127. The third kappa shape index (κ3) is 5.41. The number of ether oxygens (including phenoxy) is 1. The Kier molecular flexibility index (Phi) is 7.52. The van der Waals surface area contributed by atoms with Crippen molar-refractivity contribution in [2.24, 2.45) is 5.92 Å². The van der Waals surface area contributed by atoms with Gasteiger partial charge < -0.3 is 10.1 Å². The van der Waals surface area contributed by atoms with Gasteiger partial charge in [0.05, 0.1) is 6.10 Å². The first-order valence-electron chi connectivity index (χ1n) is 11.3. The second kappa shape index (κ2) is 10.3.